The number of carbonyl (C=O) groups is 1. The van der Waals surface area contributed by atoms with Crippen molar-refractivity contribution in [2.75, 3.05) is 10.0 Å². The number of nitrogens with zero attached hydrogens (tertiary/aromatic N) is 2. The van der Waals surface area contributed by atoms with Crippen molar-refractivity contribution < 1.29 is 13.2 Å². The zero-order valence-electron chi connectivity index (χ0n) is 16.8. The normalized spacial score (nSPS) is 11.2. The Morgan fingerprint density at radius 1 is 0.906 bits per heavy atom. The summed E-state index contributed by atoms with van der Waals surface area (Å²) in [5.74, 6) is -0.362. The summed E-state index contributed by atoms with van der Waals surface area (Å²) in [6.07, 6.45) is 3.30. The minimum atomic E-state index is -3.79. The van der Waals surface area contributed by atoms with E-state index in [2.05, 4.69) is 15.1 Å². The molecule has 0 saturated heterocycles. The molecule has 1 amide bonds. The monoisotopic (exact) mass is 466 g/mol. The number of benzene rings is 3. The first-order valence-electron chi connectivity index (χ1n) is 9.65. The molecule has 1 heterocycles. The zero-order chi connectivity index (χ0) is 22.6. The van der Waals surface area contributed by atoms with E-state index in [4.69, 9.17) is 11.6 Å². The number of hydrogen-bond acceptors (Lipinski definition) is 4. The van der Waals surface area contributed by atoms with Crippen LogP contribution in [-0.2, 0) is 16.6 Å². The number of nitrogens with one attached hydrogen (secondary N) is 2. The van der Waals surface area contributed by atoms with Crippen molar-refractivity contribution in [2.45, 2.75) is 11.4 Å². The highest BCUT2D eigenvalue weighted by atomic mass is 35.5. The Balaban J connectivity index is 1.40. The predicted molar refractivity (Wildman–Crippen MR) is 124 cm³/mol. The Morgan fingerprint density at radius 3 is 2.28 bits per heavy atom. The Bertz CT molecular complexity index is 1320. The van der Waals surface area contributed by atoms with Gasteiger partial charge in [0, 0.05) is 22.5 Å². The van der Waals surface area contributed by atoms with E-state index in [9.17, 15) is 13.2 Å². The second-order valence-electron chi connectivity index (χ2n) is 7.00. The number of amides is 1. The summed E-state index contributed by atoms with van der Waals surface area (Å²) < 4.78 is 29.3. The fourth-order valence-electron chi connectivity index (χ4n) is 3.01. The van der Waals surface area contributed by atoms with Crippen molar-refractivity contribution in [1.29, 1.82) is 0 Å². The molecule has 0 atom stereocenters. The molecule has 0 fully saturated rings. The van der Waals surface area contributed by atoms with Crippen LogP contribution in [0.5, 0.6) is 0 Å². The standard InChI is InChI=1S/C23H19ClN4O3S/c24-19-8-10-20(11-9-19)27-32(30,31)22-12-6-18(7-13-22)23(29)26-21-14-25-28(16-21)15-17-4-2-1-3-5-17/h1-14,16,27H,15H2,(H,26,29). The Hall–Kier alpha value is -3.62. The number of aromatic nitrogens is 2. The van der Waals surface area contributed by atoms with Crippen LogP contribution >= 0.6 is 11.6 Å². The van der Waals surface area contributed by atoms with Crippen LogP contribution < -0.4 is 10.0 Å². The molecule has 162 valence electrons. The quantitative estimate of drug-likeness (QED) is 0.415. The number of anilines is 2. The molecule has 9 heteroatoms. The van der Waals surface area contributed by atoms with Gasteiger partial charge in [0.15, 0.2) is 0 Å². The third-order valence-corrected chi connectivity index (χ3v) is 6.25. The molecule has 4 aromatic rings. The first kappa shape index (κ1) is 21.6. The molecule has 4 rings (SSSR count). The summed E-state index contributed by atoms with van der Waals surface area (Å²) in [6.45, 7) is 0.587. The van der Waals surface area contributed by atoms with Crippen LogP contribution in [0.15, 0.2) is 96.2 Å². The molecular formula is C23H19ClN4O3S. The molecule has 3 aromatic carbocycles. The van der Waals surface area contributed by atoms with E-state index in [0.717, 1.165) is 5.56 Å². The molecule has 1 aromatic heterocycles. The third-order valence-electron chi connectivity index (χ3n) is 4.60. The maximum atomic E-state index is 12.6. The van der Waals surface area contributed by atoms with Crippen LogP contribution in [0.25, 0.3) is 0 Å². The molecule has 32 heavy (non-hydrogen) atoms. The van der Waals surface area contributed by atoms with E-state index in [0.29, 0.717) is 28.5 Å². The highest BCUT2D eigenvalue weighted by molar-refractivity contribution is 7.92. The minimum Gasteiger partial charge on any atom is -0.319 e. The smallest absolute Gasteiger partial charge is 0.261 e. The van der Waals surface area contributed by atoms with Gasteiger partial charge in [0.05, 0.1) is 23.3 Å². The highest BCUT2D eigenvalue weighted by Gasteiger charge is 2.16. The molecule has 0 bridgehead atoms. The average molecular weight is 467 g/mol. The van der Waals surface area contributed by atoms with Crippen molar-refractivity contribution in [2.24, 2.45) is 0 Å². The van der Waals surface area contributed by atoms with Crippen molar-refractivity contribution in [3.05, 3.63) is 107 Å². The van der Waals surface area contributed by atoms with E-state index in [1.54, 1.807) is 41.3 Å². The van der Waals surface area contributed by atoms with Gasteiger partial charge in [-0.3, -0.25) is 14.2 Å². The minimum absolute atomic E-state index is 0.0414. The lowest BCUT2D eigenvalue weighted by atomic mass is 10.2. The van der Waals surface area contributed by atoms with Crippen LogP contribution in [0.1, 0.15) is 15.9 Å². The largest absolute Gasteiger partial charge is 0.319 e. The molecule has 0 aliphatic rings. The number of sulfonamides is 1. The zero-order valence-corrected chi connectivity index (χ0v) is 18.3. The van der Waals surface area contributed by atoms with Gasteiger partial charge in [-0.05, 0) is 54.1 Å². The van der Waals surface area contributed by atoms with Crippen LogP contribution in [0.4, 0.5) is 11.4 Å². The Kier molecular flexibility index (Phi) is 6.25. The van der Waals surface area contributed by atoms with Crippen LogP contribution in [0.3, 0.4) is 0 Å². The topological polar surface area (TPSA) is 93.1 Å². The van der Waals surface area contributed by atoms with Gasteiger partial charge in [0.1, 0.15) is 0 Å². The molecule has 0 radical (unpaired) electrons. The van der Waals surface area contributed by atoms with E-state index >= 15 is 0 Å². The fourth-order valence-corrected chi connectivity index (χ4v) is 4.19. The fraction of sp³-hybridized carbons (Fsp3) is 0.0435. The van der Waals surface area contributed by atoms with Gasteiger partial charge in [0.25, 0.3) is 15.9 Å². The van der Waals surface area contributed by atoms with Gasteiger partial charge in [-0.25, -0.2) is 8.42 Å². The summed E-state index contributed by atoms with van der Waals surface area (Å²) in [5.41, 5.74) is 2.36. The maximum Gasteiger partial charge on any atom is 0.261 e. The maximum absolute atomic E-state index is 12.6. The lowest BCUT2D eigenvalue weighted by Crippen LogP contribution is -2.14. The SMILES string of the molecule is O=C(Nc1cnn(Cc2ccccc2)c1)c1ccc(S(=O)(=O)Nc2ccc(Cl)cc2)cc1. The lowest BCUT2D eigenvalue weighted by Gasteiger charge is -2.09. The van der Waals surface area contributed by atoms with E-state index in [-0.39, 0.29) is 10.8 Å². The summed E-state index contributed by atoms with van der Waals surface area (Å²) in [4.78, 5) is 12.6. The highest BCUT2D eigenvalue weighted by Crippen LogP contribution is 2.19. The van der Waals surface area contributed by atoms with E-state index in [1.165, 1.54) is 24.3 Å². The van der Waals surface area contributed by atoms with E-state index in [1.807, 2.05) is 30.3 Å². The average Bonchev–Trinajstić information content (AvgIpc) is 3.22. The number of hydrogen-bond donors (Lipinski definition) is 2. The molecule has 0 spiro atoms. The number of halogens is 1. The van der Waals surface area contributed by atoms with Crippen LogP contribution in [0.2, 0.25) is 5.02 Å². The summed E-state index contributed by atoms with van der Waals surface area (Å²) in [6, 6.07) is 21.9. The molecule has 2 N–H and O–H groups in total. The Morgan fingerprint density at radius 2 is 1.59 bits per heavy atom. The van der Waals surface area contributed by atoms with Gasteiger partial charge >= 0.3 is 0 Å². The van der Waals surface area contributed by atoms with Crippen LogP contribution in [0, 0.1) is 0 Å². The Labute approximate surface area is 190 Å². The number of rotatable bonds is 7. The molecular weight excluding hydrogens is 448 g/mol. The molecule has 0 saturated carbocycles. The van der Waals surface area contributed by atoms with Crippen LogP contribution in [-0.4, -0.2) is 24.1 Å². The first-order chi connectivity index (χ1) is 15.4. The first-order valence-corrected chi connectivity index (χ1v) is 11.5. The summed E-state index contributed by atoms with van der Waals surface area (Å²) >= 11 is 5.82. The van der Waals surface area contributed by atoms with Crippen molar-refractivity contribution >= 4 is 38.9 Å². The summed E-state index contributed by atoms with van der Waals surface area (Å²) in [5, 5.41) is 7.53. The molecule has 7 nitrogen and oxygen atoms in total. The third kappa shape index (κ3) is 5.35. The lowest BCUT2D eigenvalue weighted by molar-refractivity contribution is 0.102. The summed E-state index contributed by atoms with van der Waals surface area (Å²) in [7, 11) is -3.79. The van der Waals surface area contributed by atoms with Gasteiger partial charge < -0.3 is 5.32 Å². The van der Waals surface area contributed by atoms with Gasteiger partial charge in [0.2, 0.25) is 0 Å². The molecule has 0 aliphatic heterocycles. The van der Waals surface area contributed by atoms with Crippen molar-refractivity contribution in [3.8, 4) is 0 Å². The second-order valence-corrected chi connectivity index (χ2v) is 9.12. The van der Waals surface area contributed by atoms with Crippen molar-refractivity contribution in [1.82, 2.24) is 9.78 Å². The van der Waals surface area contributed by atoms with Crippen molar-refractivity contribution in [3.63, 3.8) is 0 Å². The van der Waals surface area contributed by atoms with E-state index < -0.39 is 10.0 Å². The number of carbonyl (C=O) groups excluding carboxylic acids is 1. The predicted octanol–water partition coefficient (Wildman–Crippen LogP) is 4.64. The molecule has 0 aliphatic carbocycles. The molecule has 0 unspecified atom stereocenters. The van der Waals surface area contributed by atoms with Gasteiger partial charge in [-0.15, -0.1) is 0 Å². The van der Waals surface area contributed by atoms with Gasteiger partial charge in [-0.1, -0.05) is 41.9 Å². The van der Waals surface area contributed by atoms with Gasteiger partial charge in [-0.2, -0.15) is 5.10 Å². The second kappa shape index (κ2) is 9.25.